The average molecular weight is 454 g/mol. The number of hydrogen-bond donors (Lipinski definition) is 1. The minimum Gasteiger partial charge on any atom is -0.354 e. The van der Waals surface area contributed by atoms with Crippen LogP contribution in [0.4, 0.5) is 5.82 Å². The standard InChI is InChI=1S/C15H14Cl2N4O2S2.ClH/c16-11-9-13(24-14(11)17)25(22,23)21-6-2-10-12(21)1-3-19-15(10)20-7-4-18-5-8-20;/h1-3,6,9,18H,4-5,7-8H2;1H. The van der Waals surface area contributed by atoms with E-state index in [2.05, 4.69) is 15.2 Å². The molecule has 0 spiro atoms. The van der Waals surface area contributed by atoms with E-state index in [0.29, 0.717) is 5.52 Å². The van der Waals surface area contributed by atoms with Crippen LogP contribution in [0, 0.1) is 0 Å². The molecule has 26 heavy (non-hydrogen) atoms. The minimum atomic E-state index is -3.76. The van der Waals surface area contributed by atoms with Gasteiger partial charge in [0.2, 0.25) is 0 Å². The Bertz CT molecular complexity index is 1020. The van der Waals surface area contributed by atoms with E-state index in [4.69, 9.17) is 23.2 Å². The quantitative estimate of drug-likeness (QED) is 0.658. The Kier molecular flexibility index (Phi) is 5.72. The molecule has 0 aliphatic carbocycles. The summed E-state index contributed by atoms with van der Waals surface area (Å²) in [6, 6.07) is 4.87. The van der Waals surface area contributed by atoms with Crippen molar-refractivity contribution in [2.24, 2.45) is 0 Å². The zero-order chi connectivity index (χ0) is 17.6. The second-order valence-corrected chi connectivity index (χ2v) is 9.71. The first-order valence-corrected chi connectivity index (χ1v) is 10.6. The molecule has 0 aromatic carbocycles. The predicted molar refractivity (Wildman–Crippen MR) is 109 cm³/mol. The first-order valence-electron chi connectivity index (χ1n) is 7.60. The molecule has 1 aliphatic rings. The van der Waals surface area contributed by atoms with Gasteiger partial charge in [-0.25, -0.2) is 8.96 Å². The number of piperazine rings is 1. The molecule has 6 nitrogen and oxygen atoms in total. The smallest absolute Gasteiger partial charge is 0.277 e. The molecule has 0 unspecified atom stereocenters. The molecular weight excluding hydrogens is 439 g/mol. The maximum atomic E-state index is 13.0. The lowest BCUT2D eigenvalue weighted by Gasteiger charge is -2.28. The molecule has 4 rings (SSSR count). The van der Waals surface area contributed by atoms with E-state index in [1.165, 1.54) is 10.0 Å². The molecule has 140 valence electrons. The monoisotopic (exact) mass is 452 g/mol. The van der Waals surface area contributed by atoms with E-state index >= 15 is 0 Å². The third-order valence-electron chi connectivity index (χ3n) is 4.11. The van der Waals surface area contributed by atoms with Crippen LogP contribution in [0.3, 0.4) is 0 Å². The first kappa shape index (κ1) is 19.7. The fourth-order valence-electron chi connectivity index (χ4n) is 2.92. The lowest BCUT2D eigenvalue weighted by atomic mass is 10.2. The minimum absolute atomic E-state index is 0. The summed E-state index contributed by atoms with van der Waals surface area (Å²) < 4.78 is 27.6. The summed E-state index contributed by atoms with van der Waals surface area (Å²) in [6.07, 6.45) is 3.19. The Morgan fingerprint density at radius 3 is 2.58 bits per heavy atom. The van der Waals surface area contributed by atoms with Gasteiger partial charge >= 0.3 is 0 Å². The topological polar surface area (TPSA) is 67.2 Å². The Hall–Kier alpha value is -1.03. The number of pyridine rings is 1. The highest BCUT2D eigenvalue weighted by molar-refractivity contribution is 7.92. The van der Waals surface area contributed by atoms with E-state index in [9.17, 15) is 8.42 Å². The number of halogens is 3. The van der Waals surface area contributed by atoms with Crippen molar-refractivity contribution in [2.75, 3.05) is 31.1 Å². The second kappa shape index (κ2) is 7.53. The van der Waals surface area contributed by atoms with Crippen LogP contribution < -0.4 is 10.2 Å². The third kappa shape index (κ3) is 3.30. The van der Waals surface area contributed by atoms with Gasteiger partial charge < -0.3 is 10.2 Å². The molecule has 0 saturated carbocycles. The maximum Gasteiger partial charge on any atom is 0.277 e. The molecule has 0 radical (unpaired) electrons. The fourth-order valence-corrected chi connectivity index (χ4v) is 6.23. The molecule has 1 aliphatic heterocycles. The zero-order valence-corrected chi connectivity index (χ0v) is 17.3. The van der Waals surface area contributed by atoms with E-state index in [1.54, 1.807) is 24.5 Å². The number of anilines is 1. The molecule has 4 heterocycles. The van der Waals surface area contributed by atoms with Crippen molar-refractivity contribution in [1.29, 1.82) is 0 Å². The van der Waals surface area contributed by atoms with Crippen molar-refractivity contribution in [3.8, 4) is 0 Å². The van der Waals surface area contributed by atoms with Gasteiger partial charge in [0.25, 0.3) is 10.0 Å². The highest BCUT2D eigenvalue weighted by Crippen LogP contribution is 2.36. The van der Waals surface area contributed by atoms with Crippen molar-refractivity contribution in [1.82, 2.24) is 14.3 Å². The first-order chi connectivity index (χ1) is 12.0. The highest BCUT2D eigenvalue weighted by atomic mass is 35.5. The molecule has 0 atom stereocenters. The van der Waals surface area contributed by atoms with Gasteiger partial charge in [0, 0.05) is 44.0 Å². The SMILES string of the molecule is Cl.O=S(=O)(c1cc(Cl)c(Cl)s1)n1ccc2c(N3CCNCC3)nccc21. The van der Waals surface area contributed by atoms with Gasteiger partial charge in [0.1, 0.15) is 14.4 Å². The lowest BCUT2D eigenvalue weighted by molar-refractivity contribution is 0.586. The van der Waals surface area contributed by atoms with Gasteiger partial charge in [-0.15, -0.1) is 23.7 Å². The summed E-state index contributed by atoms with van der Waals surface area (Å²) in [6.45, 7) is 3.42. The van der Waals surface area contributed by atoms with Gasteiger partial charge in [0.05, 0.1) is 10.5 Å². The van der Waals surface area contributed by atoms with Crippen LogP contribution in [0.2, 0.25) is 9.36 Å². The van der Waals surface area contributed by atoms with E-state index in [1.807, 2.05) is 0 Å². The van der Waals surface area contributed by atoms with Crippen LogP contribution in [0.15, 0.2) is 34.8 Å². The van der Waals surface area contributed by atoms with Crippen LogP contribution in [0.1, 0.15) is 0 Å². The van der Waals surface area contributed by atoms with E-state index < -0.39 is 10.0 Å². The van der Waals surface area contributed by atoms with Crippen LogP contribution in [-0.2, 0) is 10.0 Å². The Morgan fingerprint density at radius 2 is 1.92 bits per heavy atom. The fraction of sp³-hybridized carbons (Fsp3) is 0.267. The molecule has 0 amide bonds. The van der Waals surface area contributed by atoms with Crippen molar-refractivity contribution in [3.63, 3.8) is 0 Å². The Morgan fingerprint density at radius 1 is 1.19 bits per heavy atom. The number of thiophene rings is 1. The van der Waals surface area contributed by atoms with Gasteiger partial charge in [-0.05, 0) is 18.2 Å². The van der Waals surface area contributed by atoms with Crippen molar-refractivity contribution in [3.05, 3.63) is 40.0 Å². The van der Waals surface area contributed by atoms with Gasteiger partial charge in [-0.3, -0.25) is 0 Å². The van der Waals surface area contributed by atoms with Gasteiger partial charge in [0.15, 0.2) is 0 Å². The highest BCUT2D eigenvalue weighted by Gasteiger charge is 2.24. The molecule has 11 heteroatoms. The summed E-state index contributed by atoms with van der Waals surface area (Å²) >= 11 is 12.8. The molecule has 1 N–H and O–H groups in total. The van der Waals surface area contributed by atoms with Crippen molar-refractivity contribution >= 4 is 73.7 Å². The molecule has 1 fully saturated rings. The average Bonchev–Trinajstić information content (AvgIpc) is 3.20. The summed E-state index contributed by atoms with van der Waals surface area (Å²) in [5.74, 6) is 0.801. The van der Waals surface area contributed by atoms with Crippen LogP contribution >= 0.6 is 46.9 Å². The van der Waals surface area contributed by atoms with E-state index in [0.717, 1.165) is 48.7 Å². The number of fused-ring (bicyclic) bond motifs is 1. The van der Waals surface area contributed by atoms with Gasteiger partial charge in [-0.1, -0.05) is 23.2 Å². The molecule has 3 aromatic rings. The molecule has 1 saturated heterocycles. The van der Waals surface area contributed by atoms with Crippen molar-refractivity contribution < 1.29 is 8.42 Å². The molecule has 3 aromatic heterocycles. The summed E-state index contributed by atoms with van der Waals surface area (Å²) in [4.78, 5) is 6.63. The predicted octanol–water partition coefficient (Wildman–Crippen LogP) is 3.47. The third-order valence-corrected chi connectivity index (χ3v) is 8.12. The van der Waals surface area contributed by atoms with Crippen LogP contribution in [0.5, 0.6) is 0 Å². The van der Waals surface area contributed by atoms with E-state index in [-0.39, 0.29) is 26.0 Å². The summed E-state index contributed by atoms with van der Waals surface area (Å²) in [7, 11) is -3.76. The Balaban J connectivity index is 0.00000196. The maximum absolute atomic E-state index is 13.0. The van der Waals surface area contributed by atoms with Crippen LogP contribution in [-0.4, -0.2) is 43.6 Å². The summed E-state index contributed by atoms with van der Waals surface area (Å²) in [5.41, 5.74) is 0.587. The lowest BCUT2D eigenvalue weighted by Crippen LogP contribution is -2.43. The van der Waals surface area contributed by atoms with Crippen molar-refractivity contribution in [2.45, 2.75) is 4.21 Å². The number of nitrogens with one attached hydrogen (secondary N) is 1. The largest absolute Gasteiger partial charge is 0.354 e. The number of nitrogens with zero attached hydrogens (tertiary/aromatic N) is 3. The molecule has 0 bridgehead atoms. The second-order valence-electron chi connectivity index (χ2n) is 5.61. The number of rotatable bonds is 3. The Labute approximate surface area is 171 Å². The molecular formula is C15H15Cl3N4O2S2. The van der Waals surface area contributed by atoms with Gasteiger partial charge in [-0.2, -0.15) is 8.42 Å². The number of aromatic nitrogens is 2. The summed E-state index contributed by atoms with van der Waals surface area (Å²) in [5, 5.41) is 4.34. The zero-order valence-electron chi connectivity index (χ0n) is 13.4. The normalized spacial score (nSPS) is 15.2. The number of hydrogen-bond acceptors (Lipinski definition) is 6. The van der Waals surface area contributed by atoms with Crippen LogP contribution in [0.25, 0.3) is 10.9 Å².